The maximum absolute atomic E-state index is 2.35. The zero-order valence-corrected chi connectivity index (χ0v) is 6.07. The molecule has 2 atom stereocenters. The zero-order chi connectivity index (χ0) is 6.15. The van der Waals surface area contributed by atoms with Gasteiger partial charge in [-0.15, -0.1) is 0 Å². The molecule has 0 saturated heterocycles. The molecule has 0 spiro atoms. The van der Waals surface area contributed by atoms with Crippen molar-refractivity contribution in [3.8, 4) is 0 Å². The van der Waals surface area contributed by atoms with Gasteiger partial charge in [-0.3, -0.25) is 0 Å². The monoisotopic (exact) mass is 111 g/mol. The minimum Gasteiger partial charge on any atom is -0.0650 e. The number of hydrogen-bond donors (Lipinski definition) is 0. The summed E-state index contributed by atoms with van der Waals surface area (Å²) in [5.41, 5.74) is 0. The molecule has 46 valence electrons. The van der Waals surface area contributed by atoms with Crippen LogP contribution in [0.15, 0.2) is 0 Å². The van der Waals surface area contributed by atoms with Crippen LogP contribution in [-0.4, -0.2) is 0 Å². The molecule has 8 heavy (non-hydrogen) atoms. The molecule has 0 heterocycles. The Morgan fingerprint density at radius 3 is 2.38 bits per heavy atom. The Hall–Kier alpha value is -0.130. The molecule has 0 nitrogen and oxygen atoms in total. The fraction of sp³-hybridized carbons (Fsp3) is 0.875. The fourth-order valence-corrected chi connectivity index (χ4v) is 1.26. The van der Waals surface area contributed by atoms with Gasteiger partial charge in [-0.05, 0) is 6.42 Å². The Kier molecular flexibility index (Phi) is 1.50. The van der Waals surface area contributed by atoms with Gasteiger partial charge in [0.1, 0.15) is 12.3 Å². The van der Waals surface area contributed by atoms with Gasteiger partial charge in [0.25, 0.3) is 0 Å². The summed E-state index contributed by atoms with van der Waals surface area (Å²) in [6.45, 7) is 6.90. The van der Waals surface area contributed by atoms with E-state index < -0.39 is 0 Å². The van der Waals surface area contributed by atoms with Crippen molar-refractivity contribution in [2.24, 2.45) is 11.8 Å². The third-order valence-corrected chi connectivity index (χ3v) is 2.35. The highest BCUT2D eigenvalue weighted by Crippen LogP contribution is 2.46. The highest BCUT2D eigenvalue weighted by Gasteiger charge is 2.49. The largest absolute Gasteiger partial charge is 0.143 e. The number of hydrogen-bond acceptors (Lipinski definition) is 0. The molecule has 0 aromatic rings. The zero-order valence-electron chi connectivity index (χ0n) is 6.07. The summed E-state index contributed by atoms with van der Waals surface area (Å²) in [6.07, 6.45) is 2.76. The van der Waals surface area contributed by atoms with E-state index in [-0.39, 0.29) is 0 Å². The Bertz CT molecular complexity index is 74.1. The molecule has 1 aliphatic carbocycles. The molecule has 0 aromatic heterocycles. The molecular weight excluding hydrogens is 96.1 g/mol. The van der Waals surface area contributed by atoms with Crippen molar-refractivity contribution in [1.82, 2.24) is 0 Å². The van der Waals surface area contributed by atoms with Gasteiger partial charge in [0.15, 0.2) is 0 Å². The van der Waals surface area contributed by atoms with E-state index in [1.807, 2.05) is 0 Å². The van der Waals surface area contributed by atoms with Crippen LogP contribution >= 0.6 is 0 Å². The summed E-state index contributed by atoms with van der Waals surface area (Å²) in [5, 5.41) is 0. The molecule has 1 aliphatic rings. The van der Waals surface area contributed by atoms with Gasteiger partial charge >= 0.3 is 0 Å². The maximum atomic E-state index is 2.35. The van der Waals surface area contributed by atoms with Gasteiger partial charge < -0.3 is 0 Å². The van der Waals surface area contributed by atoms with Crippen LogP contribution in [0.1, 0.15) is 33.6 Å². The van der Waals surface area contributed by atoms with E-state index in [0.29, 0.717) is 0 Å². The Labute approximate surface area is 52.3 Å². The molecule has 0 radical (unpaired) electrons. The van der Waals surface area contributed by atoms with Crippen molar-refractivity contribution in [1.29, 1.82) is 0 Å². The minimum absolute atomic E-state index is 0.954. The number of rotatable bonds is 2. The van der Waals surface area contributed by atoms with E-state index in [0.717, 1.165) is 11.8 Å². The van der Waals surface area contributed by atoms with Gasteiger partial charge in [-0.2, -0.15) is 0 Å². The molecule has 1 rings (SSSR count). The molecule has 0 bridgehead atoms. The Balaban J connectivity index is 2.18. The third kappa shape index (κ3) is 0.988. The Morgan fingerprint density at radius 1 is 1.75 bits per heavy atom. The molecular formula is C8H15+. The first-order chi connectivity index (χ1) is 3.75. The molecule has 1 fully saturated rings. The molecule has 0 amide bonds. The predicted octanol–water partition coefficient (Wildman–Crippen LogP) is 2.65. The van der Waals surface area contributed by atoms with E-state index in [2.05, 4.69) is 20.8 Å². The van der Waals surface area contributed by atoms with E-state index in [4.69, 9.17) is 0 Å². The summed E-state index contributed by atoms with van der Waals surface area (Å²) in [6, 6.07) is 0. The average Bonchev–Trinajstić information content (AvgIpc) is 2.45. The molecule has 0 aliphatic heterocycles. The topological polar surface area (TPSA) is 0 Å². The van der Waals surface area contributed by atoms with Gasteiger partial charge in [-0.25, -0.2) is 0 Å². The lowest BCUT2D eigenvalue weighted by molar-refractivity contribution is 0.498. The van der Waals surface area contributed by atoms with Gasteiger partial charge in [-0.1, -0.05) is 13.8 Å². The van der Waals surface area contributed by atoms with E-state index in [1.165, 1.54) is 12.8 Å². The maximum Gasteiger partial charge on any atom is 0.143 e. The molecule has 0 heteroatoms. The first-order valence-corrected chi connectivity index (χ1v) is 3.58. The highest BCUT2D eigenvalue weighted by atomic mass is 14.4. The van der Waals surface area contributed by atoms with Crippen LogP contribution in [0.4, 0.5) is 0 Å². The average molecular weight is 111 g/mol. The standard InChI is InChI=1S/C8H15/c1-4-6(2)8-5-7(8)3/h6,8H,4-5H2,1-3H3/q+1. The van der Waals surface area contributed by atoms with Gasteiger partial charge in [0.2, 0.25) is 0 Å². The predicted molar refractivity (Wildman–Crippen MR) is 36.5 cm³/mol. The Morgan fingerprint density at radius 2 is 2.25 bits per heavy atom. The van der Waals surface area contributed by atoms with Crippen LogP contribution in [-0.2, 0) is 0 Å². The van der Waals surface area contributed by atoms with Crippen LogP contribution < -0.4 is 0 Å². The van der Waals surface area contributed by atoms with Crippen LogP contribution in [0.25, 0.3) is 0 Å². The van der Waals surface area contributed by atoms with Crippen LogP contribution in [0, 0.1) is 17.8 Å². The summed E-state index contributed by atoms with van der Waals surface area (Å²) >= 11 is 0. The van der Waals surface area contributed by atoms with Crippen molar-refractivity contribution in [3.05, 3.63) is 5.92 Å². The second-order valence-corrected chi connectivity index (χ2v) is 3.04. The van der Waals surface area contributed by atoms with Crippen LogP contribution in [0.2, 0.25) is 0 Å². The van der Waals surface area contributed by atoms with Crippen LogP contribution in [0.5, 0.6) is 0 Å². The summed E-state index contributed by atoms with van der Waals surface area (Å²) in [5.74, 6) is 3.68. The lowest BCUT2D eigenvalue weighted by Crippen LogP contribution is -1.94. The molecule has 0 aromatic carbocycles. The SMILES string of the molecule is CCC(C)C1C[C+]1C. The van der Waals surface area contributed by atoms with Crippen molar-refractivity contribution in [2.75, 3.05) is 0 Å². The minimum atomic E-state index is 0.954. The van der Waals surface area contributed by atoms with E-state index in [1.54, 1.807) is 5.92 Å². The second kappa shape index (κ2) is 2.00. The van der Waals surface area contributed by atoms with Crippen molar-refractivity contribution >= 4 is 0 Å². The van der Waals surface area contributed by atoms with E-state index in [9.17, 15) is 0 Å². The summed E-state index contributed by atoms with van der Waals surface area (Å²) in [4.78, 5) is 0. The lowest BCUT2D eigenvalue weighted by Gasteiger charge is -1.96. The van der Waals surface area contributed by atoms with Crippen LogP contribution in [0.3, 0.4) is 0 Å². The first kappa shape index (κ1) is 6.00. The van der Waals surface area contributed by atoms with Crippen molar-refractivity contribution in [3.63, 3.8) is 0 Å². The van der Waals surface area contributed by atoms with Crippen molar-refractivity contribution in [2.45, 2.75) is 33.6 Å². The lowest BCUT2D eigenvalue weighted by atomic mass is 10.0. The highest BCUT2D eigenvalue weighted by molar-refractivity contribution is 5.11. The third-order valence-electron chi connectivity index (χ3n) is 2.35. The van der Waals surface area contributed by atoms with Gasteiger partial charge in [0, 0.05) is 5.92 Å². The van der Waals surface area contributed by atoms with Gasteiger partial charge in [0.05, 0.1) is 12.8 Å². The quantitative estimate of drug-likeness (QED) is 0.480. The molecule has 1 saturated carbocycles. The fourth-order valence-electron chi connectivity index (χ4n) is 1.26. The normalized spacial score (nSPS) is 30.4. The molecule has 2 unspecified atom stereocenters. The van der Waals surface area contributed by atoms with Crippen molar-refractivity contribution < 1.29 is 0 Å². The summed E-state index contributed by atoms with van der Waals surface area (Å²) < 4.78 is 0. The smallest absolute Gasteiger partial charge is 0.0650 e. The second-order valence-electron chi connectivity index (χ2n) is 3.04. The first-order valence-electron chi connectivity index (χ1n) is 3.58. The van der Waals surface area contributed by atoms with E-state index >= 15 is 0 Å². The summed E-state index contributed by atoms with van der Waals surface area (Å²) in [7, 11) is 0. The molecule has 0 N–H and O–H groups in total.